The molecule has 0 saturated carbocycles. The van der Waals surface area contributed by atoms with Gasteiger partial charge in [0.25, 0.3) is 16.8 Å². The standard InChI is InChI=1S/C24H24N4O4S/c1-4-10-26-23(29)22(33-24(26)30)14-18-13-16(2)27(17(18)3)19-8-9-20(21(15-19)28(31)32)25-11-6-5-7-12-25/h1,8-9,13-15H,5-7,10-12H2,2-3H3/b22-14-. The fraction of sp³-hybridized carbons (Fsp3) is 0.333. The van der Waals surface area contributed by atoms with Crippen LogP contribution in [0.5, 0.6) is 0 Å². The molecule has 1 aromatic carbocycles. The smallest absolute Gasteiger partial charge is 0.294 e. The van der Waals surface area contributed by atoms with Crippen molar-refractivity contribution in [3.63, 3.8) is 0 Å². The molecule has 8 nitrogen and oxygen atoms in total. The van der Waals surface area contributed by atoms with E-state index in [-0.39, 0.29) is 22.4 Å². The van der Waals surface area contributed by atoms with Gasteiger partial charge in [-0.15, -0.1) is 6.42 Å². The average Bonchev–Trinajstić information content (AvgIpc) is 3.23. The quantitative estimate of drug-likeness (QED) is 0.277. The van der Waals surface area contributed by atoms with Gasteiger partial charge in [-0.2, -0.15) is 0 Å². The van der Waals surface area contributed by atoms with Gasteiger partial charge in [-0.3, -0.25) is 24.6 Å². The van der Waals surface area contributed by atoms with E-state index >= 15 is 0 Å². The molecule has 170 valence electrons. The molecule has 2 amide bonds. The topological polar surface area (TPSA) is 88.7 Å². The minimum absolute atomic E-state index is 0.0614. The number of nitro groups is 1. The number of imide groups is 1. The number of anilines is 1. The van der Waals surface area contributed by atoms with Crippen LogP contribution in [-0.2, 0) is 4.79 Å². The van der Waals surface area contributed by atoms with Gasteiger partial charge in [0.15, 0.2) is 0 Å². The third-order valence-corrected chi connectivity index (χ3v) is 6.90. The first-order chi connectivity index (χ1) is 15.8. The van der Waals surface area contributed by atoms with E-state index in [2.05, 4.69) is 10.8 Å². The maximum Gasteiger partial charge on any atom is 0.294 e. The van der Waals surface area contributed by atoms with Gasteiger partial charge in [0, 0.05) is 30.5 Å². The lowest BCUT2D eigenvalue weighted by Gasteiger charge is -2.28. The van der Waals surface area contributed by atoms with Crippen molar-refractivity contribution in [3.8, 4) is 18.0 Å². The summed E-state index contributed by atoms with van der Waals surface area (Å²) in [5.41, 5.74) is 3.85. The second-order valence-electron chi connectivity index (χ2n) is 8.11. The largest absolute Gasteiger partial charge is 0.366 e. The Balaban J connectivity index is 1.71. The molecule has 2 aliphatic rings. The van der Waals surface area contributed by atoms with Gasteiger partial charge in [-0.25, -0.2) is 0 Å². The fourth-order valence-corrected chi connectivity index (χ4v) is 5.23. The number of aryl methyl sites for hydroxylation is 1. The monoisotopic (exact) mass is 464 g/mol. The normalized spacial score (nSPS) is 17.7. The number of carbonyl (C=O) groups is 2. The van der Waals surface area contributed by atoms with Gasteiger partial charge in [-0.1, -0.05) is 5.92 Å². The number of piperidine rings is 1. The lowest BCUT2D eigenvalue weighted by molar-refractivity contribution is -0.384. The number of rotatable bonds is 5. The average molecular weight is 465 g/mol. The van der Waals surface area contributed by atoms with Gasteiger partial charge in [0.05, 0.1) is 22.1 Å². The van der Waals surface area contributed by atoms with Gasteiger partial charge in [-0.05, 0) is 74.7 Å². The highest BCUT2D eigenvalue weighted by Crippen LogP contribution is 2.36. The summed E-state index contributed by atoms with van der Waals surface area (Å²) in [5.74, 6) is 1.92. The maximum absolute atomic E-state index is 12.5. The van der Waals surface area contributed by atoms with Crippen LogP contribution in [0.25, 0.3) is 11.8 Å². The molecule has 2 aromatic rings. The first-order valence-corrected chi connectivity index (χ1v) is 11.5. The molecule has 0 unspecified atom stereocenters. The minimum atomic E-state index is -0.408. The summed E-state index contributed by atoms with van der Waals surface area (Å²) in [4.78, 5) is 39.6. The summed E-state index contributed by atoms with van der Waals surface area (Å²) in [7, 11) is 0. The summed E-state index contributed by atoms with van der Waals surface area (Å²) in [6.07, 6.45) is 10.1. The highest BCUT2D eigenvalue weighted by Gasteiger charge is 2.34. The van der Waals surface area contributed by atoms with Gasteiger partial charge in [0.1, 0.15) is 5.69 Å². The molecule has 9 heteroatoms. The molecule has 4 rings (SSSR count). The molecule has 33 heavy (non-hydrogen) atoms. The van der Waals surface area contributed by atoms with E-state index in [0.717, 1.165) is 66.0 Å². The molecule has 0 aliphatic carbocycles. The summed E-state index contributed by atoms with van der Waals surface area (Å²) in [6, 6.07) is 7.22. The number of aromatic nitrogens is 1. The molecule has 0 bridgehead atoms. The summed E-state index contributed by atoms with van der Waals surface area (Å²) in [6.45, 7) is 5.36. The molecule has 0 N–H and O–H groups in total. The Morgan fingerprint density at radius 3 is 2.58 bits per heavy atom. The van der Waals surface area contributed by atoms with E-state index in [1.165, 1.54) is 0 Å². The Morgan fingerprint density at radius 1 is 1.18 bits per heavy atom. The summed E-state index contributed by atoms with van der Waals surface area (Å²) < 4.78 is 1.92. The van der Waals surface area contributed by atoms with Crippen molar-refractivity contribution in [3.05, 3.63) is 56.2 Å². The maximum atomic E-state index is 12.5. The molecule has 2 fully saturated rings. The van der Waals surface area contributed by atoms with E-state index < -0.39 is 5.91 Å². The third-order valence-electron chi connectivity index (χ3n) is 5.99. The van der Waals surface area contributed by atoms with E-state index in [1.807, 2.05) is 36.6 Å². The zero-order chi connectivity index (χ0) is 23.7. The summed E-state index contributed by atoms with van der Waals surface area (Å²) >= 11 is 0.859. The van der Waals surface area contributed by atoms with E-state index in [1.54, 1.807) is 12.1 Å². The van der Waals surface area contributed by atoms with Crippen LogP contribution in [0.2, 0.25) is 0 Å². The SMILES string of the molecule is C#CCN1C(=O)S/C(=C\c2cc(C)n(-c3ccc(N4CCCCC4)c([N+](=O)[O-])c3)c2C)C1=O. The molecule has 0 radical (unpaired) electrons. The number of benzene rings is 1. The van der Waals surface area contributed by atoms with Crippen molar-refractivity contribution in [1.82, 2.24) is 9.47 Å². The first-order valence-electron chi connectivity index (χ1n) is 10.7. The minimum Gasteiger partial charge on any atom is -0.366 e. The number of nitrogens with zero attached hydrogens (tertiary/aromatic N) is 4. The second-order valence-corrected chi connectivity index (χ2v) is 9.10. The lowest BCUT2D eigenvalue weighted by atomic mass is 10.1. The lowest BCUT2D eigenvalue weighted by Crippen LogP contribution is -2.30. The third kappa shape index (κ3) is 4.26. The van der Waals surface area contributed by atoms with Crippen LogP contribution in [0.1, 0.15) is 36.2 Å². The van der Waals surface area contributed by atoms with Crippen molar-refractivity contribution in [2.75, 3.05) is 24.5 Å². The molecule has 1 aromatic heterocycles. The molecule has 2 saturated heterocycles. The molecule has 0 atom stereocenters. The van der Waals surface area contributed by atoms with Gasteiger partial charge in [0.2, 0.25) is 0 Å². The van der Waals surface area contributed by atoms with Crippen LogP contribution in [0, 0.1) is 36.3 Å². The molecule has 0 spiro atoms. The van der Waals surface area contributed by atoms with Crippen LogP contribution < -0.4 is 4.90 Å². The van der Waals surface area contributed by atoms with Crippen LogP contribution in [0.3, 0.4) is 0 Å². The van der Waals surface area contributed by atoms with Crippen LogP contribution in [0.4, 0.5) is 16.2 Å². The van der Waals surface area contributed by atoms with E-state index in [4.69, 9.17) is 6.42 Å². The van der Waals surface area contributed by atoms with E-state index in [0.29, 0.717) is 16.3 Å². The van der Waals surface area contributed by atoms with Gasteiger partial charge < -0.3 is 9.47 Å². The molecule has 2 aliphatic heterocycles. The molecular formula is C24H24N4O4S. The predicted molar refractivity (Wildman–Crippen MR) is 129 cm³/mol. The van der Waals surface area contributed by atoms with Crippen molar-refractivity contribution >= 4 is 40.4 Å². The summed E-state index contributed by atoms with van der Waals surface area (Å²) in [5, 5.41) is 11.5. The highest BCUT2D eigenvalue weighted by atomic mass is 32.2. The van der Waals surface area contributed by atoms with Crippen molar-refractivity contribution in [2.45, 2.75) is 33.1 Å². The van der Waals surface area contributed by atoms with Crippen LogP contribution in [0.15, 0.2) is 29.2 Å². The Hall–Kier alpha value is -3.51. The van der Waals surface area contributed by atoms with E-state index in [9.17, 15) is 19.7 Å². The number of terminal acetylenes is 1. The Kier molecular flexibility index (Phi) is 6.29. The molecule has 3 heterocycles. The van der Waals surface area contributed by atoms with Crippen molar-refractivity contribution in [2.24, 2.45) is 0 Å². The fourth-order valence-electron chi connectivity index (χ4n) is 4.40. The Bertz CT molecular complexity index is 1220. The van der Waals surface area contributed by atoms with Crippen LogP contribution >= 0.6 is 11.8 Å². The Morgan fingerprint density at radius 2 is 1.91 bits per heavy atom. The number of hydrogen-bond acceptors (Lipinski definition) is 6. The van der Waals surface area contributed by atoms with Crippen molar-refractivity contribution < 1.29 is 14.5 Å². The first kappa shape index (κ1) is 22.7. The predicted octanol–water partition coefficient (Wildman–Crippen LogP) is 4.66. The number of thioether (sulfide) groups is 1. The number of hydrogen-bond donors (Lipinski definition) is 0. The zero-order valence-electron chi connectivity index (χ0n) is 18.5. The highest BCUT2D eigenvalue weighted by molar-refractivity contribution is 8.18. The number of nitro benzene ring substituents is 1. The Labute approximate surface area is 196 Å². The van der Waals surface area contributed by atoms with Crippen LogP contribution in [-0.4, -0.2) is 45.2 Å². The zero-order valence-corrected chi connectivity index (χ0v) is 19.4. The number of amides is 2. The van der Waals surface area contributed by atoms with Gasteiger partial charge >= 0.3 is 0 Å². The van der Waals surface area contributed by atoms with Crippen molar-refractivity contribution in [1.29, 1.82) is 0 Å². The number of carbonyl (C=O) groups excluding carboxylic acids is 2. The molecular weight excluding hydrogens is 440 g/mol. The second kappa shape index (κ2) is 9.16.